The van der Waals surface area contributed by atoms with Crippen molar-refractivity contribution < 1.29 is 4.74 Å². The van der Waals surface area contributed by atoms with Gasteiger partial charge in [0.2, 0.25) is 0 Å². The Balaban J connectivity index is 2.17. The molecule has 1 aromatic carbocycles. The van der Waals surface area contributed by atoms with Crippen LogP contribution in [0.1, 0.15) is 17.1 Å². The topological polar surface area (TPSA) is 70.8 Å². The third-order valence-electron chi connectivity index (χ3n) is 2.64. The van der Waals surface area contributed by atoms with E-state index in [1.165, 1.54) is 0 Å². The van der Waals surface area contributed by atoms with Crippen molar-refractivity contribution in [2.24, 2.45) is 0 Å². The maximum Gasteiger partial charge on any atom is 0.125 e. The summed E-state index contributed by atoms with van der Waals surface area (Å²) in [5.74, 6) is 1.44. The van der Waals surface area contributed by atoms with E-state index in [2.05, 4.69) is 21.4 Å². The number of benzene rings is 1. The molecule has 0 radical (unpaired) electrons. The maximum absolute atomic E-state index is 9.07. The minimum Gasteiger partial charge on any atom is -0.497 e. The number of anilines is 1. The van der Waals surface area contributed by atoms with Crippen molar-refractivity contribution in [3.63, 3.8) is 0 Å². The van der Waals surface area contributed by atoms with Gasteiger partial charge in [0.05, 0.1) is 30.6 Å². The Kier molecular flexibility index (Phi) is 3.94. The van der Waals surface area contributed by atoms with Crippen molar-refractivity contribution in [3.05, 3.63) is 47.5 Å². The molecule has 0 bridgehead atoms. The Morgan fingerprint density at radius 1 is 1.37 bits per heavy atom. The van der Waals surface area contributed by atoms with Gasteiger partial charge in [0, 0.05) is 12.3 Å². The Morgan fingerprint density at radius 3 is 2.89 bits per heavy atom. The fourth-order valence-corrected chi connectivity index (χ4v) is 1.68. The van der Waals surface area contributed by atoms with E-state index in [-0.39, 0.29) is 0 Å². The lowest BCUT2D eigenvalue weighted by Crippen LogP contribution is -2.04. The summed E-state index contributed by atoms with van der Waals surface area (Å²) in [5.41, 5.74) is 2.18. The van der Waals surface area contributed by atoms with Gasteiger partial charge in [0.25, 0.3) is 0 Å². The second kappa shape index (κ2) is 5.83. The molecule has 0 atom stereocenters. The summed E-state index contributed by atoms with van der Waals surface area (Å²) < 4.78 is 5.15. The van der Waals surface area contributed by atoms with E-state index in [4.69, 9.17) is 10.00 Å². The van der Waals surface area contributed by atoms with Crippen LogP contribution in [0.15, 0.2) is 30.5 Å². The number of nitrogens with one attached hydrogen (secondary N) is 1. The normalized spacial score (nSPS) is 9.74. The first-order valence-corrected chi connectivity index (χ1v) is 5.83. The average Bonchev–Trinajstić information content (AvgIpc) is 2.45. The predicted octanol–water partition coefficient (Wildman–Crippen LogP) is 2.28. The molecule has 2 aromatic rings. The zero-order chi connectivity index (χ0) is 13.7. The molecule has 0 amide bonds. The second-order valence-corrected chi connectivity index (χ2v) is 3.97. The van der Waals surface area contributed by atoms with Gasteiger partial charge < -0.3 is 10.1 Å². The first kappa shape index (κ1) is 12.8. The smallest absolute Gasteiger partial charge is 0.125 e. The molecule has 5 nitrogen and oxygen atoms in total. The Labute approximate surface area is 111 Å². The fourth-order valence-electron chi connectivity index (χ4n) is 1.68. The minimum absolute atomic E-state index is 0.533. The Bertz CT molecular complexity index is 619. The van der Waals surface area contributed by atoms with Gasteiger partial charge in [-0.25, -0.2) is 9.97 Å². The molecule has 1 N–H and O–H groups in total. The first-order chi connectivity index (χ1) is 9.22. The van der Waals surface area contributed by atoms with Gasteiger partial charge in [-0.2, -0.15) is 5.26 Å². The van der Waals surface area contributed by atoms with Crippen LogP contribution >= 0.6 is 0 Å². The van der Waals surface area contributed by atoms with Crippen LogP contribution in [0.3, 0.4) is 0 Å². The quantitative estimate of drug-likeness (QED) is 0.906. The molecule has 0 saturated heterocycles. The number of hydrogen-bond acceptors (Lipinski definition) is 5. The SMILES string of the molecule is COc1ccc(C#N)c(NCc2ccnc(C)n2)c1. The summed E-state index contributed by atoms with van der Waals surface area (Å²) in [4.78, 5) is 8.34. The molecule has 1 aromatic heterocycles. The van der Waals surface area contributed by atoms with Crippen molar-refractivity contribution in [3.8, 4) is 11.8 Å². The van der Waals surface area contributed by atoms with E-state index >= 15 is 0 Å². The molecule has 2 rings (SSSR count). The highest BCUT2D eigenvalue weighted by Gasteiger charge is 2.04. The zero-order valence-electron chi connectivity index (χ0n) is 10.8. The zero-order valence-corrected chi connectivity index (χ0v) is 10.8. The highest BCUT2D eigenvalue weighted by Crippen LogP contribution is 2.22. The summed E-state index contributed by atoms with van der Waals surface area (Å²) in [6, 6.07) is 9.27. The summed E-state index contributed by atoms with van der Waals surface area (Å²) in [6.07, 6.45) is 1.72. The van der Waals surface area contributed by atoms with Crippen LogP contribution in [0.25, 0.3) is 0 Å². The van der Waals surface area contributed by atoms with Crippen molar-refractivity contribution in [1.82, 2.24) is 9.97 Å². The number of nitriles is 1. The van der Waals surface area contributed by atoms with E-state index in [0.717, 1.165) is 17.2 Å². The van der Waals surface area contributed by atoms with Gasteiger partial charge in [-0.15, -0.1) is 0 Å². The fraction of sp³-hybridized carbons (Fsp3) is 0.214. The number of hydrogen-bond donors (Lipinski definition) is 1. The Morgan fingerprint density at radius 2 is 2.21 bits per heavy atom. The predicted molar refractivity (Wildman–Crippen MR) is 71.8 cm³/mol. The molecule has 0 aliphatic carbocycles. The maximum atomic E-state index is 9.07. The molecule has 96 valence electrons. The highest BCUT2D eigenvalue weighted by molar-refractivity contribution is 5.60. The lowest BCUT2D eigenvalue weighted by atomic mass is 10.2. The molecular formula is C14H14N4O. The Hall–Kier alpha value is -2.61. The monoisotopic (exact) mass is 254 g/mol. The number of aromatic nitrogens is 2. The summed E-state index contributed by atoms with van der Waals surface area (Å²) in [6.45, 7) is 2.38. The average molecular weight is 254 g/mol. The molecule has 0 aliphatic heterocycles. The van der Waals surface area contributed by atoms with Crippen LogP contribution in [0.5, 0.6) is 5.75 Å². The van der Waals surface area contributed by atoms with E-state index < -0.39 is 0 Å². The summed E-state index contributed by atoms with van der Waals surface area (Å²) in [5, 5.41) is 12.3. The number of aryl methyl sites for hydroxylation is 1. The molecule has 0 aliphatic rings. The van der Waals surface area contributed by atoms with Gasteiger partial charge in [0.15, 0.2) is 0 Å². The van der Waals surface area contributed by atoms with Crippen molar-refractivity contribution in [2.75, 3.05) is 12.4 Å². The standard InChI is InChI=1S/C14H14N4O/c1-10-16-6-5-12(18-10)9-17-14-7-13(19-2)4-3-11(14)8-15/h3-7,17H,9H2,1-2H3. The van der Waals surface area contributed by atoms with Gasteiger partial charge in [-0.05, 0) is 25.1 Å². The molecule has 0 fully saturated rings. The number of ether oxygens (including phenoxy) is 1. The van der Waals surface area contributed by atoms with Crippen LogP contribution in [-0.2, 0) is 6.54 Å². The van der Waals surface area contributed by atoms with Crippen LogP contribution in [0.2, 0.25) is 0 Å². The van der Waals surface area contributed by atoms with Crippen LogP contribution < -0.4 is 10.1 Å². The second-order valence-electron chi connectivity index (χ2n) is 3.97. The molecule has 19 heavy (non-hydrogen) atoms. The molecule has 5 heteroatoms. The summed E-state index contributed by atoms with van der Waals surface area (Å²) >= 11 is 0. The van der Waals surface area contributed by atoms with Crippen LogP contribution in [0, 0.1) is 18.3 Å². The van der Waals surface area contributed by atoms with E-state index in [9.17, 15) is 0 Å². The molecular weight excluding hydrogens is 240 g/mol. The van der Waals surface area contributed by atoms with E-state index in [1.54, 1.807) is 31.5 Å². The molecule has 0 unspecified atom stereocenters. The van der Waals surface area contributed by atoms with E-state index in [1.807, 2.05) is 13.0 Å². The van der Waals surface area contributed by atoms with Crippen LogP contribution in [-0.4, -0.2) is 17.1 Å². The molecule has 0 spiro atoms. The first-order valence-electron chi connectivity index (χ1n) is 5.83. The van der Waals surface area contributed by atoms with Crippen molar-refractivity contribution >= 4 is 5.69 Å². The third kappa shape index (κ3) is 3.19. The number of nitrogens with zero attached hydrogens (tertiary/aromatic N) is 3. The van der Waals surface area contributed by atoms with Gasteiger partial charge in [-0.1, -0.05) is 0 Å². The number of rotatable bonds is 4. The lowest BCUT2D eigenvalue weighted by Gasteiger charge is -2.09. The third-order valence-corrected chi connectivity index (χ3v) is 2.64. The van der Waals surface area contributed by atoms with Crippen molar-refractivity contribution in [1.29, 1.82) is 5.26 Å². The summed E-state index contributed by atoms with van der Waals surface area (Å²) in [7, 11) is 1.60. The lowest BCUT2D eigenvalue weighted by molar-refractivity contribution is 0.415. The highest BCUT2D eigenvalue weighted by atomic mass is 16.5. The van der Waals surface area contributed by atoms with E-state index in [0.29, 0.717) is 17.9 Å². The molecule has 0 saturated carbocycles. The van der Waals surface area contributed by atoms with Gasteiger partial charge >= 0.3 is 0 Å². The number of methoxy groups -OCH3 is 1. The van der Waals surface area contributed by atoms with Gasteiger partial charge in [-0.3, -0.25) is 0 Å². The van der Waals surface area contributed by atoms with Crippen LogP contribution in [0.4, 0.5) is 5.69 Å². The minimum atomic E-state index is 0.533. The van der Waals surface area contributed by atoms with Crippen molar-refractivity contribution in [2.45, 2.75) is 13.5 Å². The molecule has 1 heterocycles. The largest absolute Gasteiger partial charge is 0.497 e. The van der Waals surface area contributed by atoms with Gasteiger partial charge in [0.1, 0.15) is 17.6 Å².